The number of benzene rings is 3. The molecule has 1 aromatic heterocycles. The van der Waals surface area contributed by atoms with Crippen LogP contribution in [-0.4, -0.2) is 95.2 Å². The molecule has 1 aliphatic carbocycles. The fraction of sp³-hybridized carbons (Fsp3) is 0.370. The van der Waals surface area contributed by atoms with Gasteiger partial charge in [0.05, 0.1) is 6.04 Å². The van der Waals surface area contributed by atoms with E-state index in [0.717, 1.165) is 38.7 Å². The Morgan fingerprint density at radius 1 is 0.855 bits per heavy atom. The van der Waals surface area contributed by atoms with Crippen LogP contribution < -0.4 is 33.2 Å². The summed E-state index contributed by atoms with van der Waals surface area (Å²) in [6.45, 7) is 0.464. The average Bonchev–Trinajstić information content (AvgIpc) is 4.00. The highest BCUT2D eigenvalue weighted by Crippen LogP contribution is 2.44. The summed E-state index contributed by atoms with van der Waals surface area (Å²) in [5.41, 5.74) is 22.6. The first-order valence-electron chi connectivity index (χ1n) is 21.1. The number of nitrogens with two attached hydrogens (primary N) is 3. The van der Waals surface area contributed by atoms with Crippen LogP contribution in [0.15, 0.2) is 96.1 Å². The van der Waals surface area contributed by atoms with Gasteiger partial charge in [-0.3, -0.25) is 29.0 Å². The van der Waals surface area contributed by atoms with Crippen LogP contribution in [0.4, 0.5) is 4.79 Å². The van der Waals surface area contributed by atoms with Crippen molar-refractivity contribution in [2.24, 2.45) is 28.1 Å². The molecule has 4 aromatic rings. The van der Waals surface area contributed by atoms with Gasteiger partial charge in [0.2, 0.25) is 23.6 Å². The number of ketones is 1. The fourth-order valence-corrected chi connectivity index (χ4v) is 8.80. The number of fused-ring (bicyclic) bond motifs is 5. The summed E-state index contributed by atoms with van der Waals surface area (Å²) >= 11 is 0. The van der Waals surface area contributed by atoms with Gasteiger partial charge in [0.15, 0.2) is 11.7 Å². The molecular formula is C46H53N9O7. The van der Waals surface area contributed by atoms with Crippen molar-refractivity contribution >= 4 is 52.4 Å². The first kappa shape index (κ1) is 43.1. The van der Waals surface area contributed by atoms with Crippen molar-refractivity contribution in [1.29, 1.82) is 0 Å². The number of aromatic amines is 1. The molecule has 0 bridgehead atoms. The highest BCUT2D eigenvalue weighted by atomic mass is 16.5. The Balaban J connectivity index is 1.15. The summed E-state index contributed by atoms with van der Waals surface area (Å²) in [5.74, 6) is -4.09. The number of aliphatic imine (C=N–C) groups is 1. The SMILES string of the molecule is NC(=O)[C@@H]1C/C=C\C[C@H](NC(=O)OCC2c3ccccc3-c3ccccc32)C(=O)N2CCCC2C(=O)N[C@@H](Cc2c[nH]c3ccccc23)C(=O)C[C@@H](CCCN=C(N)N)C(=O)N1. The van der Waals surface area contributed by atoms with Crippen molar-refractivity contribution in [3.8, 4) is 11.1 Å². The van der Waals surface area contributed by atoms with Gasteiger partial charge in [-0.15, -0.1) is 0 Å². The zero-order valence-electron chi connectivity index (χ0n) is 34.4. The van der Waals surface area contributed by atoms with E-state index in [1.165, 1.54) is 4.90 Å². The van der Waals surface area contributed by atoms with Crippen LogP contribution in [0.2, 0.25) is 0 Å². The maximum Gasteiger partial charge on any atom is 0.407 e. The topological polar surface area (TPSA) is 257 Å². The molecule has 16 nitrogen and oxygen atoms in total. The molecule has 62 heavy (non-hydrogen) atoms. The Labute approximate surface area is 359 Å². The number of para-hydroxylation sites is 1. The fourth-order valence-electron chi connectivity index (χ4n) is 8.80. The third-order valence-electron chi connectivity index (χ3n) is 12.0. The standard InChI is InChI=1S/C46H53N9O7/c47-41(57)36-18-7-8-19-37(54-46(61)62-26-34-32-15-3-1-13-30(32)31-14-2-4-16-33(31)34)44(60)55-22-10-20-39(55)43(59)53-38(23-28-25-51-35-17-6-5-12-29(28)35)40(56)24-27(42(58)52-36)11-9-21-50-45(48)49/h1-8,12-17,25,27,34,36-39,51H,9-11,18-24,26H2,(H2,47,57)(H,52,58)(H,53,59)(H,54,61)(H4,48,49,50)/b8-7-/t27-,36+,37+,38+,39?/m1/s1. The number of nitrogens with zero attached hydrogens (tertiary/aromatic N) is 2. The molecule has 0 spiro atoms. The van der Waals surface area contributed by atoms with E-state index in [-0.39, 0.29) is 63.7 Å². The predicted molar refractivity (Wildman–Crippen MR) is 233 cm³/mol. The second-order valence-corrected chi connectivity index (χ2v) is 16.1. The minimum absolute atomic E-state index is 0.0203. The van der Waals surface area contributed by atoms with E-state index in [2.05, 4.69) is 25.9 Å². The summed E-state index contributed by atoms with van der Waals surface area (Å²) < 4.78 is 5.81. The summed E-state index contributed by atoms with van der Waals surface area (Å²) in [6, 6.07) is 19.1. The number of aromatic nitrogens is 1. The van der Waals surface area contributed by atoms with Crippen LogP contribution in [0.25, 0.3) is 22.0 Å². The number of ether oxygens (including phenoxy) is 1. The Kier molecular flexibility index (Phi) is 13.6. The van der Waals surface area contributed by atoms with Gasteiger partial charge in [-0.25, -0.2) is 4.79 Å². The van der Waals surface area contributed by atoms with E-state index in [9.17, 15) is 28.8 Å². The highest BCUT2D eigenvalue weighted by Gasteiger charge is 2.40. The number of carbonyl (C=O) groups is 6. The summed E-state index contributed by atoms with van der Waals surface area (Å²) in [7, 11) is 0. The number of alkyl carbamates (subject to hydrolysis) is 1. The van der Waals surface area contributed by atoms with Crippen LogP contribution >= 0.6 is 0 Å². The van der Waals surface area contributed by atoms with Gasteiger partial charge in [-0.2, -0.15) is 0 Å². The van der Waals surface area contributed by atoms with Crippen LogP contribution in [0, 0.1) is 5.92 Å². The van der Waals surface area contributed by atoms with Gasteiger partial charge in [0.1, 0.15) is 24.7 Å². The largest absolute Gasteiger partial charge is 0.449 e. The molecule has 3 aliphatic rings. The first-order valence-corrected chi connectivity index (χ1v) is 21.1. The molecule has 16 heteroatoms. The minimum atomic E-state index is -1.16. The summed E-state index contributed by atoms with van der Waals surface area (Å²) in [5, 5.41) is 9.25. The lowest BCUT2D eigenvalue weighted by Gasteiger charge is -2.29. The van der Waals surface area contributed by atoms with E-state index in [1.807, 2.05) is 72.8 Å². The zero-order valence-corrected chi connectivity index (χ0v) is 34.4. The summed E-state index contributed by atoms with van der Waals surface area (Å²) in [6.07, 6.45) is 5.32. The van der Waals surface area contributed by atoms with Crippen LogP contribution in [0.3, 0.4) is 0 Å². The number of hydrogen-bond donors (Lipinski definition) is 7. The first-order chi connectivity index (χ1) is 30.0. The minimum Gasteiger partial charge on any atom is -0.449 e. The van der Waals surface area contributed by atoms with Crippen molar-refractivity contribution in [3.05, 3.63) is 108 Å². The maximum absolute atomic E-state index is 14.4. The molecule has 0 saturated carbocycles. The lowest BCUT2D eigenvalue weighted by atomic mass is 9.90. The maximum atomic E-state index is 14.4. The normalized spacial score (nSPS) is 22.7. The molecule has 0 radical (unpaired) electrons. The van der Waals surface area contributed by atoms with Gasteiger partial charge in [-0.1, -0.05) is 78.9 Å². The van der Waals surface area contributed by atoms with Crippen LogP contribution in [0.1, 0.15) is 67.6 Å². The van der Waals surface area contributed by atoms with E-state index in [0.29, 0.717) is 19.3 Å². The number of Topliss-reactive ketones (excluding diaryl/α,β-unsaturated/α-hetero) is 1. The number of rotatable bonds is 10. The van der Waals surface area contributed by atoms with Gasteiger partial charge >= 0.3 is 6.09 Å². The second kappa shape index (κ2) is 19.6. The third kappa shape index (κ3) is 9.96. The molecule has 1 unspecified atom stereocenters. The van der Waals surface area contributed by atoms with Gasteiger partial charge < -0.3 is 47.8 Å². The molecule has 3 heterocycles. The lowest BCUT2D eigenvalue weighted by molar-refractivity contribution is -0.140. The Morgan fingerprint density at radius 2 is 1.55 bits per heavy atom. The van der Waals surface area contributed by atoms with E-state index < -0.39 is 65.6 Å². The van der Waals surface area contributed by atoms with Crippen LogP contribution in [0.5, 0.6) is 0 Å². The number of amides is 5. The average molecular weight is 844 g/mol. The lowest BCUT2D eigenvalue weighted by Crippen LogP contribution is -2.55. The van der Waals surface area contributed by atoms with Crippen molar-refractivity contribution < 1.29 is 33.5 Å². The third-order valence-corrected chi connectivity index (χ3v) is 12.0. The molecule has 3 aromatic carbocycles. The predicted octanol–water partition coefficient (Wildman–Crippen LogP) is 3.04. The highest BCUT2D eigenvalue weighted by molar-refractivity contribution is 5.97. The quantitative estimate of drug-likeness (QED) is 0.0535. The number of hydrogen-bond acceptors (Lipinski definition) is 8. The molecule has 5 amide bonds. The van der Waals surface area contributed by atoms with Crippen molar-refractivity contribution in [3.63, 3.8) is 0 Å². The second-order valence-electron chi connectivity index (χ2n) is 16.1. The number of guanidine groups is 1. The molecular weight excluding hydrogens is 791 g/mol. The number of nitrogens with one attached hydrogen (secondary N) is 4. The van der Waals surface area contributed by atoms with E-state index >= 15 is 0 Å². The Morgan fingerprint density at radius 3 is 2.27 bits per heavy atom. The number of H-pyrrole nitrogens is 1. The molecule has 7 rings (SSSR count). The molecule has 324 valence electrons. The molecule has 1 saturated heterocycles. The van der Waals surface area contributed by atoms with E-state index in [1.54, 1.807) is 18.3 Å². The van der Waals surface area contributed by atoms with Crippen molar-refractivity contribution in [1.82, 2.24) is 25.8 Å². The van der Waals surface area contributed by atoms with Gasteiger partial charge in [0, 0.05) is 54.9 Å². The van der Waals surface area contributed by atoms with Crippen molar-refractivity contribution in [2.75, 3.05) is 19.7 Å². The Hall–Kier alpha value is -6.97. The molecule has 10 N–H and O–H groups in total. The van der Waals surface area contributed by atoms with Crippen molar-refractivity contribution in [2.45, 2.75) is 81.5 Å². The molecule has 5 atom stereocenters. The Bertz CT molecular complexity index is 2340. The van der Waals surface area contributed by atoms with Crippen LogP contribution in [-0.2, 0) is 35.1 Å². The number of primary amides is 1. The van der Waals surface area contributed by atoms with E-state index in [4.69, 9.17) is 21.9 Å². The molecule has 1 fully saturated rings. The molecule has 2 aliphatic heterocycles. The van der Waals surface area contributed by atoms with Gasteiger partial charge in [0.25, 0.3) is 0 Å². The zero-order chi connectivity index (χ0) is 43.8. The number of carbonyl (C=O) groups excluding carboxylic acids is 6. The smallest absolute Gasteiger partial charge is 0.407 e. The summed E-state index contributed by atoms with van der Waals surface area (Å²) in [4.78, 5) is 91.9. The van der Waals surface area contributed by atoms with Gasteiger partial charge in [-0.05, 0) is 72.4 Å². The monoisotopic (exact) mass is 843 g/mol.